The Morgan fingerprint density at radius 2 is 1.83 bits per heavy atom. The second-order valence-corrected chi connectivity index (χ2v) is 14.4. The summed E-state index contributed by atoms with van der Waals surface area (Å²) in [4.78, 5) is 43.8. The maximum Gasteiger partial charge on any atom is 0.410 e. The van der Waals surface area contributed by atoms with E-state index in [9.17, 15) is 14.0 Å². The average Bonchev–Trinajstić information content (AvgIpc) is 3.44. The third kappa shape index (κ3) is 6.73. The topological polar surface area (TPSA) is 78.5 Å². The van der Waals surface area contributed by atoms with Gasteiger partial charge in [0.15, 0.2) is 0 Å². The summed E-state index contributed by atoms with van der Waals surface area (Å²) in [7, 11) is 0. The number of rotatable bonds is 7. The van der Waals surface area contributed by atoms with Crippen LogP contribution in [0.25, 0.3) is 0 Å². The molecule has 0 spiro atoms. The van der Waals surface area contributed by atoms with Crippen LogP contribution in [-0.4, -0.2) is 82.3 Å². The average molecular weight is 630 g/mol. The Bertz CT molecular complexity index is 1600. The number of halogens is 1. The minimum absolute atomic E-state index is 0.00955. The van der Waals surface area contributed by atoms with Gasteiger partial charge in [0.05, 0.1) is 12.2 Å². The lowest BCUT2D eigenvalue weighted by atomic mass is 9.88. The Kier molecular flexibility index (Phi) is 8.54. The molecule has 0 aliphatic carbocycles. The molecule has 0 saturated carbocycles. The van der Waals surface area contributed by atoms with Crippen LogP contribution < -0.4 is 5.06 Å². The second-order valence-electron chi connectivity index (χ2n) is 14.4. The van der Waals surface area contributed by atoms with Crippen molar-refractivity contribution in [1.82, 2.24) is 19.7 Å². The normalized spacial score (nSPS) is 21.0. The molecule has 0 N–H and O–H groups in total. The van der Waals surface area contributed by atoms with Crippen molar-refractivity contribution in [2.45, 2.75) is 77.6 Å². The molecule has 1 fully saturated rings. The molecular formula is C36H44FN5O4. The van der Waals surface area contributed by atoms with Gasteiger partial charge in [0.1, 0.15) is 18.1 Å². The summed E-state index contributed by atoms with van der Waals surface area (Å²) in [5, 5.41) is 1.95. The number of amides is 2. The summed E-state index contributed by atoms with van der Waals surface area (Å²) in [6, 6.07) is 16.0. The molecule has 2 atom stereocenters. The first kappa shape index (κ1) is 31.9. The molecule has 3 aliphatic heterocycles. The van der Waals surface area contributed by atoms with Gasteiger partial charge >= 0.3 is 6.09 Å². The molecule has 1 saturated heterocycles. The Labute approximate surface area is 270 Å². The van der Waals surface area contributed by atoms with Crippen molar-refractivity contribution in [1.29, 1.82) is 0 Å². The van der Waals surface area contributed by atoms with Crippen LogP contribution in [0.15, 0.2) is 60.8 Å². The van der Waals surface area contributed by atoms with Crippen molar-refractivity contribution in [2.24, 2.45) is 0 Å². The highest BCUT2D eigenvalue weighted by atomic mass is 19.1. The van der Waals surface area contributed by atoms with Crippen molar-refractivity contribution in [3.05, 3.63) is 94.6 Å². The van der Waals surface area contributed by atoms with Crippen molar-refractivity contribution >= 4 is 17.7 Å². The summed E-state index contributed by atoms with van der Waals surface area (Å²) < 4.78 is 19.2. The fourth-order valence-corrected chi connectivity index (χ4v) is 6.64. The first-order valence-corrected chi connectivity index (χ1v) is 16.0. The van der Waals surface area contributed by atoms with Gasteiger partial charge in [-0.05, 0) is 63.1 Å². The lowest BCUT2D eigenvalue weighted by Crippen LogP contribution is -2.62. The maximum absolute atomic E-state index is 13.5. The summed E-state index contributed by atoms with van der Waals surface area (Å²) >= 11 is 0. The number of hydrogen-bond donors (Lipinski definition) is 0. The largest absolute Gasteiger partial charge is 0.444 e. The fourth-order valence-electron chi connectivity index (χ4n) is 6.64. The van der Waals surface area contributed by atoms with E-state index in [-0.39, 0.29) is 42.0 Å². The molecule has 6 rings (SSSR count). The number of carbonyl (C=O) groups excluding carboxylic acids is 2. The summed E-state index contributed by atoms with van der Waals surface area (Å²) in [5.74, 6) is -0.250. The number of hydroxylamine groups is 1. The number of benzene rings is 2. The van der Waals surface area contributed by atoms with Gasteiger partial charge in [-0.15, -0.1) is 0 Å². The number of hydrogen-bond acceptors (Lipinski definition) is 7. The standard InChI is InChI=1S/C36H44FN5O4/c1-24-18-40(23-45-42-22-36(5,6)31-17-38-28(16-32(31)42)15-25-11-13-27(37)14-12-25)29(21-41(24)34(44)46-35(2,3)4)20-39-19-26-9-7-8-10-30(26)33(39)43/h7-14,16-17,24,29H,15,18-23H2,1-6H3/t24-,29+/m1/s1. The molecule has 9 nitrogen and oxygen atoms in total. The molecular weight excluding hydrogens is 585 g/mol. The van der Waals surface area contributed by atoms with Crippen LogP contribution in [0.4, 0.5) is 14.9 Å². The van der Waals surface area contributed by atoms with E-state index in [0.29, 0.717) is 39.1 Å². The zero-order chi connectivity index (χ0) is 32.8. The van der Waals surface area contributed by atoms with Crippen molar-refractivity contribution in [2.75, 3.05) is 38.0 Å². The predicted octanol–water partition coefficient (Wildman–Crippen LogP) is 5.76. The Balaban J connectivity index is 1.20. The molecule has 46 heavy (non-hydrogen) atoms. The number of pyridine rings is 1. The van der Waals surface area contributed by atoms with Gasteiger partial charge in [-0.1, -0.05) is 44.2 Å². The monoisotopic (exact) mass is 629 g/mol. The molecule has 1 aromatic heterocycles. The number of aromatic nitrogens is 1. The van der Waals surface area contributed by atoms with Crippen LogP contribution >= 0.6 is 0 Å². The zero-order valence-electron chi connectivity index (χ0n) is 27.6. The molecule has 2 amide bonds. The lowest BCUT2D eigenvalue weighted by Gasteiger charge is -2.46. The Morgan fingerprint density at radius 1 is 1.09 bits per heavy atom. The molecule has 2 aromatic carbocycles. The van der Waals surface area contributed by atoms with Gasteiger partial charge in [-0.3, -0.25) is 24.6 Å². The van der Waals surface area contributed by atoms with Gasteiger partial charge in [-0.2, -0.15) is 0 Å². The SMILES string of the molecule is C[C@@H]1CN(CON2CC(C)(C)c3cnc(Cc4ccc(F)cc4)cc32)[C@@H](CN2Cc3ccccc3C2=O)CN1C(=O)OC(C)(C)C. The van der Waals surface area contributed by atoms with E-state index in [1.54, 1.807) is 17.0 Å². The molecule has 0 bridgehead atoms. The first-order valence-electron chi connectivity index (χ1n) is 16.0. The van der Waals surface area contributed by atoms with E-state index >= 15 is 0 Å². The maximum atomic E-state index is 13.5. The smallest absolute Gasteiger partial charge is 0.410 e. The first-order chi connectivity index (χ1) is 21.8. The van der Waals surface area contributed by atoms with Gasteiger partial charge in [0, 0.05) is 73.1 Å². The number of carbonyl (C=O) groups is 2. The van der Waals surface area contributed by atoms with Gasteiger partial charge < -0.3 is 14.5 Å². The van der Waals surface area contributed by atoms with Crippen LogP contribution in [-0.2, 0) is 28.0 Å². The minimum Gasteiger partial charge on any atom is -0.444 e. The third-order valence-electron chi connectivity index (χ3n) is 9.06. The van der Waals surface area contributed by atoms with Crippen LogP contribution in [0.2, 0.25) is 0 Å². The van der Waals surface area contributed by atoms with Crippen LogP contribution in [0, 0.1) is 5.82 Å². The molecule has 244 valence electrons. The van der Waals surface area contributed by atoms with E-state index in [0.717, 1.165) is 33.6 Å². The molecule has 0 unspecified atom stereocenters. The van der Waals surface area contributed by atoms with Crippen molar-refractivity contribution < 1.29 is 23.6 Å². The van der Waals surface area contributed by atoms with Crippen LogP contribution in [0.3, 0.4) is 0 Å². The highest BCUT2D eigenvalue weighted by Gasteiger charge is 2.41. The van der Waals surface area contributed by atoms with Crippen molar-refractivity contribution in [3.63, 3.8) is 0 Å². The third-order valence-corrected chi connectivity index (χ3v) is 9.06. The molecule has 4 heterocycles. The number of nitrogens with zero attached hydrogens (tertiary/aromatic N) is 5. The number of anilines is 1. The van der Waals surface area contributed by atoms with Crippen LogP contribution in [0.5, 0.6) is 0 Å². The Hall–Kier alpha value is -4.02. The second kappa shape index (κ2) is 12.3. The van der Waals surface area contributed by atoms with Gasteiger partial charge in [0.25, 0.3) is 5.91 Å². The summed E-state index contributed by atoms with van der Waals surface area (Å²) in [6.45, 7) is 14.9. The van der Waals surface area contributed by atoms with Crippen LogP contribution in [0.1, 0.15) is 74.3 Å². The number of piperazine rings is 1. The van der Waals surface area contributed by atoms with E-state index in [4.69, 9.17) is 14.6 Å². The van der Waals surface area contributed by atoms with Gasteiger partial charge in [-0.25, -0.2) is 9.18 Å². The highest BCUT2D eigenvalue weighted by molar-refractivity contribution is 5.98. The van der Waals surface area contributed by atoms with E-state index < -0.39 is 5.60 Å². The summed E-state index contributed by atoms with van der Waals surface area (Å²) in [6.07, 6.45) is 2.16. The Morgan fingerprint density at radius 3 is 2.54 bits per heavy atom. The van der Waals surface area contributed by atoms with E-state index in [1.807, 2.05) is 68.1 Å². The van der Waals surface area contributed by atoms with Gasteiger partial charge in [0.2, 0.25) is 0 Å². The molecule has 3 aromatic rings. The molecule has 3 aliphatic rings. The highest BCUT2D eigenvalue weighted by Crippen LogP contribution is 2.41. The summed E-state index contributed by atoms with van der Waals surface area (Å²) in [5.41, 5.74) is 4.91. The van der Waals surface area contributed by atoms with Crippen molar-refractivity contribution in [3.8, 4) is 0 Å². The minimum atomic E-state index is -0.612. The number of ether oxygens (including phenoxy) is 1. The molecule has 10 heteroatoms. The predicted molar refractivity (Wildman–Crippen MR) is 174 cm³/mol. The van der Waals surface area contributed by atoms with E-state index in [1.165, 1.54) is 12.1 Å². The molecule has 0 radical (unpaired) electrons. The zero-order valence-corrected chi connectivity index (χ0v) is 27.6. The quantitative estimate of drug-likeness (QED) is 0.329. The van der Waals surface area contributed by atoms with E-state index in [2.05, 4.69) is 24.8 Å². The fraction of sp³-hybridized carbons (Fsp3) is 0.472. The number of fused-ring (bicyclic) bond motifs is 2. The lowest BCUT2D eigenvalue weighted by molar-refractivity contribution is -0.0642.